The highest BCUT2D eigenvalue weighted by molar-refractivity contribution is 6.32. The van der Waals surface area contributed by atoms with Gasteiger partial charge in [0.2, 0.25) is 0 Å². The van der Waals surface area contributed by atoms with E-state index in [0.29, 0.717) is 22.2 Å². The maximum Gasteiger partial charge on any atom is 0.275 e. The molecule has 0 aliphatic heterocycles. The lowest BCUT2D eigenvalue weighted by atomic mass is 10.2. The lowest BCUT2D eigenvalue weighted by Gasteiger charge is -2.12. The number of anilines is 1. The average molecular weight is 310 g/mol. The third-order valence-corrected chi connectivity index (χ3v) is 2.92. The van der Waals surface area contributed by atoms with E-state index >= 15 is 0 Å². The zero-order valence-electron chi connectivity index (χ0n) is 11.3. The summed E-state index contributed by atoms with van der Waals surface area (Å²) in [6.07, 6.45) is 2.24. The van der Waals surface area contributed by atoms with Gasteiger partial charge in [-0.2, -0.15) is 0 Å². The van der Waals surface area contributed by atoms with E-state index in [1.165, 1.54) is 32.5 Å². The van der Waals surface area contributed by atoms with Crippen molar-refractivity contribution < 1.29 is 14.3 Å². The minimum absolute atomic E-state index is 0.0607. The molecule has 0 saturated heterocycles. The second-order valence-electron chi connectivity index (χ2n) is 3.94. The van der Waals surface area contributed by atoms with Gasteiger partial charge in [0.15, 0.2) is 0 Å². The fraction of sp³-hybridized carbons (Fsp3) is 0.154. The fourth-order valence-electron chi connectivity index (χ4n) is 1.61. The molecule has 21 heavy (non-hydrogen) atoms. The van der Waals surface area contributed by atoms with Crippen LogP contribution in [-0.4, -0.2) is 30.1 Å². The number of ether oxygens (including phenoxy) is 2. The summed E-state index contributed by atoms with van der Waals surface area (Å²) in [5, 5.41) is 2.97. The van der Waals surface area contributed by atoms with E-state index in [-0.39, 0.29) is 5.69 Å². The standard InChI is InChI=1S/C13H12ClN3O4/c1-20-10-4-8(11(21-2)3-7(10)14)17-13(19)9-5-16-12(18)6-15-9/h3-6H,1-2H3,(H,16,18)(H,17,19). The van der Waals surface area contributed by atoms with Gasteiger partial charge in [-0.25, -0.2) is 4.98 Å². The van der Waals surface area contributed by atoms with Gasteiger partial charge in [-0.1, -0.05) is 11.6 Å². The zero-order chi connectivity index (χ0) is 15.4. The van der Waals surface area contributed by atoms with Crippen LogP contribution in [0.2, 0.25) is 5.02 Å². The summed E-state index contributed by atoms with van der Waals surface area (Å²) in [4.78, 5) is 29.1. The molecule has 110 valence electrons. The van der Waals surface area contributed by atoms with Crippen LogP contribution in [0.15, 0.2) is 29.3 Å². The van der Waals surface area contributed by atoms with Crippen molar-refractivity contribution in [3.63, 3.8) is 0 Å². The minimum Gasteiger partial charge on any atom is -0.495 e. The number of methoxy groups -OCH3 is 2. The maximum absolute atomic E-state index is 12.1. The van der Waals surface area contributed by atoms with Gasteiger partial charge in [-0.3, -0.25) is 9.59 Å². The number of carbonyl (C=O) groups is 1. The molecule has 0 fully saturated rings. The normalized spacial score (nSPS) is 10.0. The molecule has 1 heterocycles. The quantitative estimate of drug-likeness (QED) is 0.896. The molecule has 0 bridgehead atoms. The first kappa shape index (κ1) is 14.9. The predicted octanol–water partition coefficient (Wildman–Crippen LogP) is 1.69. The lowest BCUT2D eigenvalue weighted by molar-refractivity contribution is 0.102. The Bertz CT molecular complexity index is 709. The second kappa shape index (κ2) is 6.27. The van der Waals surface area contributed by atoms with E-state index in [0.717, 1.165) is 6.20 Å². The smallest absolute Gasteiger partial charge is 0.275 e. The SMILES string of the molecule is COc1cc(NC(=O)c2c[nH]c(=O)cn2)c(OC)cc1Cl. The number of benzene rings is 1. The molecule has 2 rings (SSSR count). The summed E-state index contributed by atoms with van der Waals surface area (Å²) < 4.78 is 10.2. The number of halogens is 1. The van der Waals surface area contributed by atoms with Crippen molar-refractivity contribution in [2.75, 3.05) is 19.5 Å². The third-order valence-electron chi connectivity index (χ3n) is 2.63. The van der Waals surface area contributed by atoms with Gasteiger partial charge in [-0.05, 0) is 0 Å². The van der Waals surface area contributed by atoms with Gasteiger partial charge >= 0.3 is 0 Å². The fourth-order valence-corrected chi connectivity index (χ4v) is 1.84. The van der Waals surface area contributed by atoms with Gasteiger partial charge < -0.3 is 19.8 Å². The van der Waals surface area contributed by atoms with E-state index in [4.69, 9.17) is 21.1 Å². The van der Waals surface area contributed by atoms with Crippen LogP contribution in [-0.2, 0) is 0 Å². The summed E-state index contributed by atoms with van der Waals surface area (Å²) in [7, 11) is 2.91. The Kier molecular flexibility index (Phi) is 4.44. The first-order chi connectivity index (χ1) is 10.0. The average Bonchev–Trinajstić information content (AvgIpc) is 2.49. The van der Waals surface area contributed by atoms with E-state index in [9.17, 15) is 9.59 Å². The highest BCUT2D eigenvalue weighted by Gasteiger charge is 2.14. The van der Waals surface area contributed by atoms with Gasteiger partial charge in [0, 0.05) is 18.3 Å². The number of nitrogens with one attached hydrogen (secondary N) is 2. The molecule has 0 aliphatic rings. The third kappa shape index (κ3) is 3.32. The Morgan fingerprint density at radius 2 is 2.00 bits per heavy atom. The number of amides is 1. The van der Waals surface area contributed by atoms with Crippen LogP contribution in [0, 0.1) is 0 Å². The summed E-state index contributed by atoms with van der Waals surface area (Å²) in [5.74, 6) is 0.259. The number of hydrogen-bond acceptors (Lipinski definition) is 5. The van der Waals surface area contributed by atoms with Crippen LogP contribution in [0.3, 0.4) is 0 Å². The van der Waals surface area contributed by atoms with Gasteiger partial charge in [0.1, 0.15) is 17.2 Å². The molecule has 1 aromatic carbocycles. The van der Waals surface area contributed by atoms with Crippen LogP contribution in [0.4, 0.5) is 5.69 Å². The number of rotatable bonds is 4. The molecule has 2 N–H and O–H groups in total. The van der Waals surface area contributed by atoms with Crippen LogP contribution in [0.5, 0.6) is 11.5 Å². The molecule has 0 atom stereocenters. The molecular formula is C13H12ClN3O4. The van der Waals surface area contributed by atoms with Crippen molar-refractivity contribution in [1.29, 1.82) is 0 Å². The van der Waals surface area contributed by atoms with Gasteiger partial charge in [0.25, 0.3) is 11.5 Å². The zero-order valence-corrected chi connectivity index (χ0v) is 12.0. The van der Waals surface area contributed by atoms with Crippen molar-refractivity contribution in [3.8, 4) is 11.5 Å². The lowest BCUT2D eigenvalue weighted by Crippen LogP contribution is -2.17. The van der Waals surface area contributed by atoms with Crippen molar-refractivity contribution in [2.45, 2.75) is 0 Å². The summed E-state index contributed by atoms with van der Waals surface area (Å²) in [5.41, 5.74) is 0.0413. The Balaban J connectivity index is 2.31. The van der Waals surface area contributed by atoms with Crippen LogP contribution in [0.1, 0.15) is 10.5 Å². The molecular weight excluding hydrogens is 298 g/mol. The van der Waals surface area contributed by atoms with E-state index in [1.54, 1.807) is 0 Å². The monoisotopic (exact) mass is 309 g/mol. The number of nitrogens with zero attached hydrogens (tertiary/aromatic N) is 1. The second-order valence-corrected chi connectivity index (χ2v) is 4.34. The Morgan fingerprint density at radius 3 is 2.57 bits per heavy atom. The molecule has 0 aliphatic carbocycles. The van der Waals surface area contributed by atoms with Crippen molar-refractivity contribution in [3.05, 3.63) is 45.6 Å². The number of carbonyl (C=O) groups excluding carboxylic acids is 1. The maximum atomic E-state index is 12.1. The predicted molar refractivity (Wildman–Crippen MR) is 77.4 cm³/mol. The molecule has 0 saturated carbocycles. The number of aromatic amines is 1. The van der Waals surface area contributed by atoms with Gasteiger partial charge in [0.05, 0.1) is 31.1 Å². The molecule has 1 aromatic heterocycles. The number of hydrogen-bond donors (Lipinski definition) is 2. The summed E-state index contributed by atoms with van der Waals surface area (Å²) in [6.45, 7) is 0. The van der Waals surface area contributed by atoms with Crippen LogP contribution < -0.4 is 20.3 Å². The van der Waals surface area contributed by atoms with E-state index < -0.39 is 11.5 Å². The summed E-state index contributed by atoms with van der Waals surface area (Å²) >= 11 is 5.98. The van der Waals surface area contributed by atoms with Crippen molar-refractivity contribution >= 4 is 23.2 Å². The molecule has 0 radical (unpaired) electrons. The van der Waals surface area contributed by atoms with Crippen LogP contribution >= 0.6 is 11.6 Å². The topological polar surface area (TPSA) is 93.3 Å². The Hall–Kier alpha value is -2.54. The summed E-state index contributed by atoms with van der Waals surface area (Å²) in [6, 6.07) is 3.06. The molecule has 8 heteroatoms. The molecule has 0 spiro atoms. The van der Waals surface area contributed by atoms with Crippen molar-refractivity contribution in [2.24, 2.45) is 0 Å². The Labute approximate surface area is 124 Å². The van der Waals surface area contributed by atoms with E-state index in [2.05, 4.69) is 15.3 Å². The Morgan fingerprint density at radius 1 is 1.29 bits per heavy atom. The molecule has 7 nitrogen and oxygen atoms in total. The molecule has 2 aromatic rings. The highest BCUT2D eigenvalue weighted by Crippen LogP contribution is 2.35. The van der Waals surface area contributed by atoms with Gasteiger partial charge in [-0.15, -0.1) is 0 Å². The number of aromatic nitrogens is 2. The first-order valence-corrected chi connectivity index (χ1v) is 6.20. The highest BCUT2D eigenvalue weighted by atomic mass is 35.5. The minimum atomic E-state index is -0.506. The van der Waals surface area contributed by atoms with E-state index in [1.807, 2.05) is 0 Å². The van der Waals surface area contributed by atoms with Crippen LogP contribution in [0.25, 0.3) is 0 Å². The largest absolute Gasteiger partial charge is 0.495 e. The number of H-pyrrole nitrogens is 1. The first-order valence-electron chi connectivity index (χ1n) is 5.82. The molecule has 0 unspecified atom stereocenters. The van der Waals surface area contributed by atoms with Crippen molar-refractivity contribution in [1.82, 2.24) is 9.97 Å². The molecule has 1 amide bonds.